The van der Waals surface area contributed by atoms with Crippen LogP contribution in [0.25, 0.3) is 0 Å². The summed E-state index contributed by atoms with van der Waals surface area (Å²) in [5.41, 5.74) is 1.12. The molecule has 23 heavy (non-hydrogen) atoms. The van der Waals surface area contributed by atoms with Gasteiger partial charge in [-0.15, -0.1) is 0 Å². The van der Waals surface area contributed by atoms with Crippen molar-refractivity contribution < 1.29 is 18.8 Å². The fourth-order valence-corrected chi connectivity index (χ4v) is 3.17. The van der Waals surface area contributed by atoms with E-state index in [4.69, 9.17) is 14.0 Å². The largest absolute Gasteiger partial charge is 0.494 e. The van der Waals surface area contributed by atoms with E-state index in [0.29, 0.717) is 0 Å². The predicted octanol–water partition coefficient (Wildman–Crippen LogP) is 2.65. The fourth-order valence-electron chi connectivity index (χ4n) is 3.17. The second-order valence-electron chi connectivity index (χ2n) is 7.92. The summed E-state index contributed by atoms with van der Waals surface area (Å²) < 4.78 is 17.0. The molecule has 2 aliphatic rings. The lowest BCUT2D eigenvalue weighted by atomic mass is 9.78. The van der Waals surface area contributed by atoms with Gasteiger partial charge in [-0.1, -0.05) is 24.3 Å². The smallest absolute Gasteiger partial charge is 0.469 e. The molecule has 3 rings (SSSR count). The van der Waals surface area contributed by atoms with E-state index in [2.05, 4.69) is 12.1 Å². The highest BCUT2D eigenvalue weighted by atomic mass is 16.7. The Kier molecular flexibility index (Phi) is 3.65. The maximum Gasteiger partial charge on any atom is 0.494 e. The Morgan fingerprint density at radius 2 is 1.61 bits per heavy atom. The second-order valence-corrected chi connectivity index (χ2v) is 7.92. The lowest BCUT2D eigenvalue weighted by Crippen LogP contribution is -2.41. The van der Waals surface area contributed by atoms with Crippen molar-refractivity contribution in [2.24, 2.45) is 5.41 Å². The van der Waals surface area contributed by atoms with Crippen LogP contribution in [0.1, 0.15) is 52.5 Å². The van der Waals surface area contributed by atoms with Gasteiger partial charge in [-0.3, -0.25) is 4.79 Å². The number of esters is 1. The molecule has 1 aromatic rings. The number of benzene rings is 1. The third-order valence-electron chi connectivity index (χ3n) is 5.75. The molecule has 0 aromatic heterocycles. The van der Waals surface area contributed by atoms with Crippen LogP contribution in [0.2, 0.25) is 0 Å². The Morgan fingerprint density at radius 1 is 1.09 bits per heavy atom. The molecule has 5 heteroatoms. The van der Waals surface area contributed by atoms with E-state index in [1.54, 1.807) is 0 Å². The lowest BCUT2D eigenvalue weighted by molar-refractivity contribution is -0.146. The average molecular weight is 316 g/mol. The predicted molar refractivity (Wildman–Crippen MR) is 89.6 cm³/mol. The Bertz CT molecular complexity index is 606. The molecule has 0 amide bonds. The van der Waals surface area contributed by atoms with Crippen molar-refractivity contribution in [3.63, 3.8) is 0 Å². The van der Waals surface area contributed by atoms with Gasteiger partial charge in [0, 0.05) is 5.92 Å². The first-order chi connectivity index (χ1) is 10.6. The molecule has 0 radical (unpaired) electrons. The van der Waals surface area contributed by atoms with Crippen LogP contribution in [-0.4, -0.2) is 31.4 Å². The zero-order valence-electron chi connectivity index (χ0n) is 14.8. The van der Waals surface area contributed by atoms with Gasteiger partial charge in [0.1, 0.15) is 0 Å². The van der Waals surface area contributed by atoms with Gasteiger partial charge in [-0.05, 0) is 52.1 Å². The van der Waals surface area contributed by atoms with Gasteiger partial charge in [0.2, 0.25) is 0 Å². The van der Waals surface area contributed by atoms with Gasteiger partial charge in [-0.25, -0.2) is 0 Å². The standard InChI is InChI=1S/C18H25BO4/c1-16(2)17(3,4)23-19(22-16)13-9-7-12(8-10-13)14-11-18(14,5)15(20)21-6/h7-10,14H,11H2,1-6H3. The number of ether oxygens (including phenoxy) is 1. The SMILES string of the molecule is COC(=O)C1(C)CC1c1ccc(B2OC(C)(C)C(C)(C)O2)cc1. The molecule has 2 unspecified atom stereocenters. The Hall–Kier alpha value is -1.33. The Balaban J connectivity index is 1.74. The highest BCUT2D eigenvalue weighted by molar-refractivity contribution is 6.62. The quantitative estimate of drug-likeness (QED) is 0.635. The third-order valence-corrected chi connectivity index (χ3v) is 5.75. The highest BCUT2D eigenvalue weighted by Crippen LogP contribution is 2.59. The Morgan fingerprint density at radius 3 is 2.09 bits per heavy atom. The first kappa shape index (κ1) is 16.5. The molecule has 0 bridgehead atoms. The normalized spacial score (nSPS) is 31.0. The lowest BCUT2D eigenvalue weighted by Gasteiger charge is -2.32. The van der Waals surface area contributed by atoms with Crippen LogP contribution in [0.4, 0.5) is 0 Å². The van der Waals surface area contributed by atoms with Crippen molar-refractivity contribution in [1.29, 1.82) is 0 Å². The zero-order chi connectivity index (χ0) is 17.0. The third kappa shape index (κ3) is 2.60. The molecule has 1 saturated heterocycles. The van der Waals surface area contributed by atoms with E-state index in [0.717, 1.165) is 17.4 Å². The number of carbonyl (C=O) groups excluding carboxylic acids is 1. The van der Waals surface area contributed by atoms with Crippen LogP contribution in [0.5, 0.6) is 0 Å². The summed E-state index contributed by atoms with van der Waals surface area (Å²) in [6, 6.07) is 8.21. The minimum atomic E-state index is -0.374. The van der Waals surface area contributed by atoms with Gasteiger partial charge in [0.15, 0.2) is 0 Å². The number of methoxy groups -OCH3 is 1. The van der Waals surface area contributed by atoms with Crippen molar-refractivity contribution in [2.45, 2.75) is 58.2 Å². The highest BCUT2D eigenvalue weighted by Gasteiger charge is 2.58. The van der Waals surface area contributed by atoms with Crippen LogP contribution in [0.3, 0.4) is 0 Å². The van der Waals surface area contributed by atoms with Gasteiger partial charge in [0.25, 0.3) is 0 Å². The van der Waals surface area contributed by atoms with E-state index in [9.17, 15) is 4.79 Å². The van der Waals surface area contributed by atoms with E-state index >= 15 is 0 Å². The van der Waals surface area contributed by atoms with Crippen LogP contribution < -0.4 is 5.46 Å². The summed E-state index contributed by atoms with van der Waals surface area (Å²) in [6.45, 7) is 10.2. The summed E-state index contributed by atoms with van der Waals surface area (Å²) in [5, 5.41) is 0. The summed E-state index contributed by atoms with van der Waals surface area (Å²) in [4.78, 5) is 11.8. The number of rotatable bonds is 3. The molecule has 124 valence electrons. The maximum absolute atomic E-state index is 11.8. The average Bonchev–Trinajstić information content (AvgIpc) is 3.12. The molecule has 1 aliphatic heterocycles. The van der Waals surface area contributed by atoms with E-state index < -0.39 is 0 Å². The number of carbonyl (C=O) groups is 1. The summed E-state index contributed by atoms with van der Waals surface area (Å²) in [7, 11) is 1.10. The van der Waals surface area contributed by atoms with Gasteiger partial charge >= 0.3 is 13.1 Å². The van der Waals surface area contributed by atoms with Crippen LogP contribution in [0, 0.1) is 5.41 Å². The molecule has 1 aliphatic carbocycles. The first-order valence-electron chi connectivity index (χ1n) is 8.15. The summed E-state index contributed by atoms with van der Waals surface area (Å²) >= 11 is 0. The van der Waals surface area contributed by atoms with Gasteiger partial charge < -0.3 is 14.0 Å². The first-order valence-corrected chi connectivity index (χ1v) is 8.15. The van der Waals surface area contributed by atoms with Crippen molar-refractivity contribution in [3.8, 4) is 0 Å². The molecule has 4 nitrogen and oxygen atoms in total. The van der Waals surface area contributed by atoms with E-state index in [-0.39, 0.29) is 35.6 Å². The van der Waals surface area contributed by atoms with Gasteiger partial charge in [0.05, 0.1) is 23.7 Å². The van der Waals surface area contributed by atoms with Crippen LogP contribution in [-0.2, 0) is 18.8 Å². The topological polar surface area (TPSA) is 44.8 Å². The van der Waals surface area contributed by atoms with Crippen molar-refractivity contribution in [3.05, 3.63) is 29.8 Å². The second kappa shape index (κ2) is 5.08. The number of hydrogen-bond donors (Lipinski definition) is 0. The fraction of sp³-hybridized carbons (Fsp3) is 0.611. The minimum absolute atomic E-state index is 0.127. The molecular formula is C18H25BO4. The molecule has 2 fully saturated rings. The van der Waals surface area contributed by atoms with Crippen LogP contribution in [0.15, 0.2) is 24.3 Å². The number of hydrogen-bond acceptors (Lipinski definition) is 4. The van der Waals surface area contributed by atoms with Gasteiger partial charge in [-0.2, -0.15) is 0 Å². The van der Waals surface area contributed by atoms with Crippen LogP contribution >= 0.6 is 0 Å². The van der Waals surface area contributed by atoms with Crippen molar-refractivity contribution in [2.75, 3.05) is 7.11 Å². The molecule has 2 atom stereocenters. The molecule has 1 heterocycles. The Labute approximate surface area is 138 Å². The van der Waals surface area contributed by atoms with E-state index in [1.165, 1.54) is 7.11 Å². The molecule has 0 spiro atoms. The molecule has 1 aromatic carbocycles. The molecule has 0 N–H and O–H groups in total. The summed E-state index contributed by atoms with van der Waals surface area (Å²) in [6.07, 6.45) is 0.843. The van der Waals surface area contributed by atoms with Crippen molar-refractivity contribution in [1.82, 2.24) is 0 Å². The molecule has 1 saturated carbocycles. The maximum atomic E-state index is 11.8. The minimum Gasteiger partial charge on any atom is -0.469 e. The zero-order valence-corrected chi connectivity index (χ0v) is 14.8. The van der Waals surface area contributed by atoms with E-state index in [1.807, 2.05) is 46.8 Å². The monoisotopic (exact) mass is 316 g/mol. The van der Waals surface area contributed by atoms with Crippen molar-refractivity contribution >= 4 is 18.6 Å². The molecular weight excluding hydrogens is 291 g/mol. The summed E-state index contributed by atoms with van der Waals surface area (Å²) in [5.74, 6) is 0.111.